The second-order valence-electron chi connectivity index (χ2n) is 6.12. The van der Waals surface area contributed by atoms with Gasteiger partial charge in [-0.3, -0.25) is 9.69 Å². The first-order chi connectivity index (χ1) is 12.3. The van der Waals surface area contributed by atoms with Crippen LogP contribution in [0, 0.1) is 0 Å². The highest BCUT2D eigenvalue weighted by Crippen LogP contribution is 2.14. The predicted molar refractivity (Wildman–Crippen MR) is 104 cm³/mol. The number of nitrogens with zero attached hydrogens (tertiary/aromatic N) is 1. The fourth-order valence-electron chi connectivity index (χ4n) is 2.59. The molecular weight excluding hydrogens is 350 g/mol. The van der Waals surface area contributed by atoms with Crippen molar-refractivity contribution in [1.29, 1.82) is 0 Å². The molecule has 6 nitrogen and oxygen atoms in total. The van der Waals surface area contributed by atoms with Crippen LogP contribution < -0.4 is 10.5 Å². The molecule has 0 aromatic heterocycles. The largest absolute Gasteiger partial charge is 0.322 e. The van der Waals surface area contributed by atoms with Crippen molar-refractivity contribution < 1.29 is 13.2 Å². The van der Waals surface area contributed by atoms with Gasteiger partial charge in [0, 0.05) is 17.8 Å². The Morgan fingerprint density at radius 3 is 2.00 bits per heavy atom. The van der Waals surface area contributed by atoms with Crippen LogP contribution in [0.3, 0.4) is 0 Å². The van der Waals surface area contributed by atoms with Crippen molar-refractivity contribution in [1.82, 2.24) is 4.90 Å². The standard InChI is InChI=1S/C19H25N3O3S/c1-3-22(4-2)13-15-5-9-17(10-6-15)19(23)21-18-11-7-16(8-12-18)14-26(20,24)25/h5-12H,3-4,13-14H2,1-2H3,(H,21,23)(H2,20,24,25). The Bertz CT molecular complexity index is 827. The SMILES string of the molecule is CCN(CC)Cc1ccc(C(=O)Nc2ccc(CS(N)(=O)=O)cc2)cc1. The predicted octanol–water partition coefficient (Wildman–Crippen LogP) is 2.57. The molecule has 1 amide bonds. The average Bonchev–Trinajstić information content (AvgIpc) is 2.60. The van der Waals surface area contributed by atoms with Crippen LogP contribution in [0.5, 0.6) is 0 Å². The van der Waals surface area contributed by atoms with Crippen LogP contribution in [-0.4, -0.2) is 32.3 Å². The van der Waals surface area contributed by atoms with Gasteiger partial charge in [-0.05, 0) is 48.5 Å². The number of sulfonamides is 1. The normalized spacial score (nSPS) is 11.5. The molecular formula is C19H25N3O3S. The van der Waals surface area contributed by atoms with Crippen molar-refractivity contribution in [3.63, 3.8) is 0 Å². The number of carbonyl (C=O) groups excluding carboxylic acids is 1. The Kier molecular flexibility index (Phi) is 6.90. The van der Waals surface area contributed by atoms with E-state index < -0.39 is 10.0 Å². The topological polar surface area (TPSA) is 92.5 Å². The number of amides is 1. The fourth-order valence-corrected chi connectivity index (χ4v) is 3.24. The lowest BCUT2D eigenvalue weighted by molar-refractivity contribution is 0.102. The van der Waals surface area contributed by atoms with Crippen LogP contribution >= 0.6 is 0 Å². The molecule has 7 heteroatoms. The summed E-state index contributed by atoms with van der Waals surface area (Å²) in [5.74, 6) is -0.437. The van der Waals surface area contributed by atoms with Crippen molar-refractivity contribution in [3.8, 4) is 0 Å². The van der Waals surface area contributed by atoms with Gasteiger partial charge in [0.1, 0.15) is 0 Å². The Labute approximate surface area is 155 Å². The molecule has 0 bridgehead atoms. The maximum atomic E-state index is 12.3. The van der Waals surface area contributed by atoms with Crippen LogP contribution in [0.15, 0.2) is 48.5 Å². The first-order valence-electron chi connectivity index (χ1n) is 8.52. The quantitative estimate of drug-likeness (QED) is 0.742. The molecule has 2 aromatic rings. The molecule has 140 valence electrons. The molecule has 0 radical (unpaired) electrons. The van der Waals surface area contributed by atoms with Gasteiger partial charge in [0.05, 0.1) is 5.75 Å². The maximum Gasteiger partial charge on any atom is 0.255 e. The van der Waals surface area contributed by atoms with Crippen molar-refractivity contribution in [2.75, 3.05) is 18.4 Å². The highest BCUT2D eigenvalue weighted by atomic mass is 32.2. The van der Waals surface area contributed by atoms with Gasteiger partial charge in [0.15, 0.2) is 0 Å². The van der Waals surface area contributed by atoms with Gasteiger partial charge >= 0.3 is 0 Å². The number of primary sulfonamides is 1. The van der Waals surface area contributed by atoms with Crippen LogP contribution in [0.2, 0.25) is 0 Å². The highest BCUT2D eigenvalue weighted by molar-refractivity contribution is 7.88. The first-order valence-corrected chi connectivity index (χ1v) is 10.2. The molecule has 0 aliphatic rings. The van der Waals surface area contributed by atoms with Gasteiger partial charge in [-0.15, -0.1) is 0 Å². The molecule has 2 rings (SSSR count). The summed E-state index contributed by atoms with van der Waals surface area (Å²) in [5, 5.41) is 7.82. The van der Waals surface area contributed by atoms with Gasteiger partial charge in [0.2, 0.25) is 10.0 Å². The van der Waals surface area contributed by atoms with E-state index in [0.717, 1.165) is 25.2 Å². The summed E-state index contributed by atoms with van der Waals surface area (Å²) in [5.41, 5.74) is 2.91. The number of hydrogen-bond acceptors (Lipinski definition) is 4. The summed E-state index contributed by atoms with van der Waals surface area (Å²) in [6, 6.07) is 14.1. The third kappa shape index (κ3) is 6.25. The monoisotopic (exact) mass is 375 g/mol. The van der Waals surface area contributed by atoms with Crippen molar-refractivity contribution in [3.05, 3.63) is 65.2 Å². The summed E-state index contributed by atoms with van der Waals surface area (Å²) in [6.45, 7) is 7.08. The minimum absolute atomic E-state index is 0.210. The molecule has 0 spiro atoms. The smallest absolute Gasteiger partial charge is 0.255 e. The summed E-state index contributed by atoms with van der Waals surface area (Å²) >= 11 is 0. The molecule has 0 saturated heterocycles. The third-order valence-electron chi connectivity index (χ3n) is 4.10. The van der Waals surface area contributed by atoms with E-state index in [1.165, 1.54) is 0 Å². The lowest BCUT2D eigenvalue weighted by Crippen LogP contribution is -2.22. The molecule has 0 saturated carbocycles. The van der Waals surface area contributed by atoms with Crippen LogP contribution in [0.25, 0.3) is 0 Å². The summed E-state index contributed by atoms with van der Waals surface area (Å²) in [6.07, 6.45) is 0. The van der Waals surface area contributed by atoms with E-state index in [-0.39, 0.29) is 11.7 Å². The van der Waals surface area contributed by atoms with E-state index in [2.05, 4.69) is 24.1 Å². The van der Waals surface area contributed by atoms with E-state index in [4.69, 9.17) is 5.14 Å². The lowest BCUT2D eigenvalue weighted by atomic mass is 10.1. The molecule has 2 aromatic carbocycles. The van der Waals surface area contributed by atoms with Gasteiger partial charge in [-0.2, -0.15) is 0 Å². The number of benzene rings is 2. The lowest BCUT2D eigenvalue weighted by Gasteiger charge is -2.18. The molecule has 0 fully saturated rings. The van der Waals surface area contributed by atoms with E-state index in [1.54, 1.807) is 24.3 Å². The van der Waals surface area contributed by atoms with Gasteiger partial charge < -0.3 is 5.32 Å². The Morgan fingerprint density at radius 1 is 0.962 bits per heavy atom. The maximum absolute atomic E-state index is 12.3. The zero-order chi connectivity index (χ0) is 19.2. The number of anilines is 1. The molecule has 0 unspecified atom stereocenters. The van der Waals surface area contributed by atoms with Crippen LogP contribution in [0.1, 0.15) is 35.3 Å². The number of carbonyl (C=O) groups is 1. The minimum atomic E-state index is -3.56. The number of nitrogens with one attached hydrogen (secondary N) is 1. The molecule has 0 heterocycles. The molecule has 3 N–H and O–H groups in total. The number of rotatable bonds is 8. The Morgan fingerprint density at radius 2 is 1.50 bits per heavy atom. The highest BCUT2D eigenvalue weighted by Gasteiger charge is 2.09. The molecule has 0 atom stereocenters. The molecule has 0 aliphatic heterocycles. The third-order valence-corrected chi connectivity index (χ3v) is 4.83. The minimum Gasteiger partial charge on any atom is -0.322 e. The van der Waals surface area contributed by atoms with E-state index in [1.807, 2.05) is 24.3 Å². The average molecular weight is 375 g/mol. The second-order valence-corrected chi connectivity index (χ2v) is 7.73. The fraction of sp³-hybridized carbons (Fsp3) is 0.316. The van der Waals surface area contributed by atoms with Crippen LogP contribution in [-0.2, 0) is 22.3 Å². The van der Waals surface area contributed by atoms with Crippen molar-refractivity contribution >= 4 is 21.6 Å². The van der Waals surface area contributed by atoms with E-state index in [9.17, 15) is 13.2 Å². The van der Waals surface area contributed by atoms with Gasteiger partial charge in [-0.1, -0.05) is 38.1 Å². The summed E-state index contributed by atoms with van der Waals surface area (Å²) < 4.78 is 22.2. The van der Waals surface area contributed by atoms with Crippen LogP contribution in [0.4, 0.5) is 5.69 Å². The summed E-state index contributed by atoms with van der Waals surface area (Å²) in [7, 11) is -3.56. The van der Waals surface area contributed by atoms with E-state index >= 15 is 0 Å². The Hall–Kier alpha value is -2.22. The molecule has 26 heavy (non-hydrogen) atoms. The van der Waals surface area contributed by atoms with Gasteiger partial charge in [-0.25, -0.2) is 13.6 Å². The zero-order valence-corrected chi connectivity index (χ0v) is 15.9. The second kappa shape index (κ2) is 8.93. The molecule has 0 aliphatic carbocycles. The zero-order valence-electron chi connectivity index (χ0n) is 15.1. The van der Waals surface area contributed by atoms with E-state index in [0.29, 0.717) is 16.8 Å². The van der Waals surface area contributed by atoms with Gasteiger partial charge in [0.25, 0.3) is 5.91 Å². The first kappa shape index (κ1) is 20.1. The number of nitrogens with two attached hydrogens (primary N) is 1. The van der Waals surface area contributed by atoms with Crippen molar-refractivity contribution in [2.45, 2.75) is 26.1 Å². The Balaban J connectivity index is 1.99. The number of hydrogen-bond donors (Lipinski definition) is 2. The summed E-state index contributed by atoms with van der Waals surface area (Å²) in [4.78, 5) is 14.6. The van der Waals surface area contributed by atoms with Crippen molar-refractivity contribution in [2.24, 2.45) is 5.14 Å².